The van der Waals surface area contributed by atoms with Crippen LogP contribution >= 0.6 is 10.3 Å². The standard InChI is InChI=1S/C26H31NO5S3/c28-33(29,27-20-11-4-12-21-27)22-13-23-34(30,31)32-35(24-14-5-1-6-15-24,25-16-7-2-8-17-25)26-18-9-3-10-19-26/h1-3,5-10,14-19H,4,11-13,20-23H2. The van der Waals surface area contributed by atoms with Crippen LogP contribution in [0.15, 0.2) is 106 Å². The molecule has 0 spiro atoms. The van der Waals surface area contributed by atoms with Crippen LogP contribution in [0.3, 0.4) is 0 Å². The van der Waals surface area contributed by atoms with Crippen LogP contribution in [0, 0.1) is 0 Å². The maximum atomic E-state index is 13.4. The van der Waals surface area contributed by atoms with Crippen molar-refractivity contribution in [3.8, 4) is 0 Å². The average Bonchev–Trinajstić information content (AvgIpc) is 2.89. The van der Waals surface area contributed by atoms with Gasteiger partial charge in [-0.3, -0.25) is 0 Å². The third-order valence-corrected chi connectivity index (χ3v) is 13.1. The van der Waals surface area contributed by atoms with Gasteiger partial charge in [-0.05, 0) is 66.0 Å². The van der Waals surface area contributed by atoms with Gasteiger partial charge in [-0.15, -0.1) is 0 Å². The van der Waals surface area contributed by atoms with Crippen molar-refractivity contribution in [2.24, 2.45) is 0 Å². The SMILES string of the molecule is O=S(=O)(CCCS(=O)(=O)N1CCCCC1)OS(c1ccccc1)(c1ccccc1)c1ccccc1. The van der Waals surface area contributed by atoms with Crippen LogP contribution in [0.1, 0.15) is 25.7 Å². The van der Waals surface area contributed by atoms with E-state index in [9.17, 15) is 16.8 Å². The maximum Gasteiger partial charge on any atom is 0.277 e. The number of sulfonamides is 1. The number of benzene rings is 3. The summed E-state index contributed by atoms with van der Waals surface area (Å²) in [4.78, 5) is 2.26. The molecule has 9 heteroatoms. The van der Waals surface area contributed by atoms with Crippen molar-refractivity contribution in [1.29, 1.82) is 0 Å². The Morgan fingerprint density at radius 3 is 1.46 bits per heavy atom. The molecule has 188 valence electrons. The van der Waals surface area contributed by atoms with Gasteiger partial charge in [0.2, 0.25) is 10.0 Å². The first-order valence-electron chi connectivity index (χ1n) is 11.7. The second kappa shape index (κ2) is 11.3. The summed E-state index contributed by atoms with van der Waals surface area (Å²) in [6.45, 7) is 1.02. The van der Waals surface area contributed by atoms with Gasteiger partial charge in [0.25, 0.3) is 10.1 Å². The highest BCUT2D eigenvalue weighted by atomic mass is 32.3. The highest BCUT2D eigenvalue weighted by molar-refractivity contribution is 8.33. The Morgan fingerprint density at radius 1 is 0.600 bits per heavy atom. The van der Waals surface area contributed by atoms with E-state index in [0.29, 0.717) is 13.1 Å². The molecule has 1 fully saturated rings. The highest BCUT2D eigenvalue weighted by Gasteiger charge is 2.37. The van der Waals surface area contributed by atoms with Crippen molar-refractivity contribution in [3.05, 3.63) is 91.0 Å². The van der Waals surface area contributed by atoms with Crippen molar-refractivity contribution in [2.75, 3.05) is 24.6 Å². The Kier molecular flexibility index (Phi) is 8.34. The fourth-order valence-electron chi connectivity index (χ4n) is 4.24. The van der Waals surface area contributed by atoms with Crippen molar-refractivity contribution in [1.82, 2.24) is 4.31 Å². The third kappa shape index (κ3) is 6.16. The summed E-state index contributed by atoms with van der Waals surface area (Å²) < 4.78 is 59.9. The van der Waals surface area contributed by atoms with Crippen LogP contribution < -0.4 is 0 Å². The monoisotopic (exact) mass is 533 g/mol. The van der Waals surface area contributed by atoms with Crippen LogP contribution in [0.25, 0.3) is 0 Å². The predicted octanol–water partition coefficient (Wildman–Crippen LogP) is 5.44. The molecule has 0 bridgehead atoms. The van der Waals surface area contributed by atoms with Gasteiger partial charge in [0.1, 0.15) is 0 Å². The minimum absolute atomic E-state index is 0.0188. The molecule has 35 heavy (non-hydrogen) atoms. The van der Waals surface area contributed by atoms with Gasteiger partial charge in [0.15, 0.2) is 0 Å². The molecule has 6 nitrogen and oxygen atoms in total. The topological polar surface area (TPSA) is 80.8 Å². The fourth-order valence-corrected chi connectivity index (χ4v) is 11.4. The third-order valence-electron chi connectivity index (χ3n) is 5.94. The molecule has 0 atom stereocenters. The number of nitrogens with zero attached hydrogens (tertiary/aromatic N) is 1. The zero-order valence-corrected chi connectivity index (χ0v) is 22.0. The summed E-state index contributed by atoms with van der Waals surface area (Å²) in [6, 6.07) is 28.1. The van der Waals surface area contributed by atoms with Crippen LogP contribution in [-0.2, 0) is 23.8 Å². The number of hydrogen-bond donors (Lipinski definition) is 0. The second-order valence-electron chi connectivity index (χ2n) is 8.45. The Hall–Kier alpha value is -2.17. The van der Waals surface area contributed by atoms with E-state index in [1.807, 2.05) is 91.0 Å². The van der Waals surface area contributed by atoms with Gasteiger partial charge in [-0.25, -0.2) is 16.4 Å². The lowest BCUT2D eigenvalue weighted by molar-refractivity contribution is 0.346. The smallest absolute Gasteiger partial charge is 0.212 e. The van der Waals surface area contributed by atoms with Gasteiger partial charge >= 0.3 is 0 Å². The quantitative estimate of drug-likeness (QED) is 0.347. The van der Waals surface area contributed by atoms with Gasteiger partial charge in [-0.2, -0.15) is 8.42 Å². The van der Waals surface area contributed by atoms with E-state index in [1.54, 1.807) is 0 Å². The molecule has 0 unspecified atom stereocenters. The molecule has 4 rings (SSSR count). The van der Waals surface area contributed by atoms with E-state index in [1.165, 1.54) is 4.31 Å². The Balaban J connectivity index is 1.65. The minimum Gasteiger partial charge on any atom is -0.212 e. The molecule has 0 amide bonds. The van der Waals surface area contributed by atoms with E-state index in [-0.39, 0.29) is 17.9 Å². The van der Waals surface area contributed by atoms with Gasteiger partial charge in [-0.1, -0.05) is 61.0 Å². The van der Waals surface area contributed by atoms with Gasteiger partial charge in [0, 0.05) is 27.8 Å². The Labute approximate surface area is 210 Å². The first kappa shape index (κ1) is 25.9. The van der Waals surface area contributed by atoms with E-state index in [4.69, 9.17) is 3.63 Å². The number of rotatable bonds is 10. The molecule has 0 N–H and O–H groups in total. The molecule has 3 aromatic rings. The molecule has 1 saturated heterocycles. The molecule has 3 aromatic carbocycles. The number of piperidine rings is 1. The molecule has 1 aliphatic heterocycles. The molecule has 0 saturated carbocycles. The van der Waals surface area contributed by atoms with Crippen LogP contribution in [0.4, 0.5) is 0 Å². The summed E-state index contributed by atoms with van der Waals surface area (Å²) in [5, 5.41) is 0. The maximum absolute atomic E-state index is 13.4. The molecular formula is C26H31NO5S3. The second-order valence-corrected chi connectivity index (χ2v) is 15.1. The van der Waals surface area contributed by atoms with Crippen LogP contribution in [0.2, 0.25) is 0 Å². The molecule has 0 radical (unpaired) electrons. The van der Waals surface area contributed by atoms with Crippen molar-refractivity contribution in [2.45, 2.75) is 40.4 Å². The summed E-state index contributed by atoms with van der Waals surface area (Å²) in [5.74, 6) is -0.582. The largest absolute Gasteiger partial charge is 0.277 e. The van der Waals surface area contributed by atoms with Crippen molar-refractivity contribution < 1.29 is 20.5 Å². The van der Waals surface area contributed by atoms with E-state index >= 15 is 0 Å². The fraction of sp³-hybridized carbons (Fsp3) is 0.308. The van der Waals surface area contributed by atoms with E-state index in [0.717, 1.165) is 33.9 Å². The zero-order valence-electron chi connectivity index (χ0n) is 19.5. The normalized spacial score (nSPS) is 16.1. The summed E-state index contributed by atoms with van der Waals surface area (Å²) in [5.41, 5.74) is 0. The lowest BCUT2D eigenvalue weighted by Crippen LogP contribution is -2.37. The molecule has 1 aliphatic rings. The molecule has 0 aliphatic carbocycles. The summed E-state index contributed by atoms with van der Waals surface area (Å²) >= 11 is 0. The predicted molar refractivity (Wildman–Crippen MR) is 140 cm³/mol. The van der Waals surface area contributed by atoms with Crippen LogP contribution in [0.5, 0.6) is 0 Å². The van der Waals surface area contributed by atoms with E-state index in [2.05, 4.69) is 0 Å². The minimum atomic E-state index is -4.08. The van der Waals surface area contributed by atoms with E-state index < -0.39 is 30.5 Å². The number of hydrogen-bond acceptors (Lipinski definition) is 5. The zero-order chi connectivity index (χ0) is 24.8. The van der Waals surface area contributed by atoms with Crippen molar-refractivity contribution >= 4 is 30.5 Å². The summed E-state index contributed by atoms with van der Waals surface area (Å²) in [6.07, 6.45) is 2.70. The molecular weight excluding hydrogens is 502 g/mol. The highest BCUT2D eigenvalue weighted by Crippen LogP contribution is 2.69. The lowest BCUT2D eigenvalue weighted by atomic mass is 10.2. The molecule has 0 aromatic heterocycles. The van der Waals surface area contributed by atoms with Crippen molar-refractivity contribution in [3.63, 3.8) is 0 Å². The first-order valence-corrected chi connectivity index (χ1v) is 16.5. The van der Waals surface area contributed by atoms with Crippen LogP contribution in [-0.4, -0.2) is 45.7 Å². The Morgan fingerprint density at radius 2 is 1.03 bits per heavy atom. The first-order chi connectivity index (χ1) is 16.8. The lowest BCUT2D eigenvalue weighted by Gasteiger charge is -2.39. The average molecular weight is 534 g/mol. The Bertz CT molecular complexity index is 1200. The van der Waals surface area contributed by atoms with Gasteiger partial charge < -0.3 is 0 Å². The molecule has 1 heterocycles. The summed E-state index contributed by atoms with van der Waals surface area (Å²) in [7, 11) is -10.2. The van der Waals surface area contributed by atoms with Gasteiger partial charge in [0.05, 0.1) is 11.5 Å².